The van der Waals surface area contributed by atoms with E-state index in [9.17, 15) is 4.79 Å². The molecule has 0 aromatic heterocycles. The van der Waals surface area contributed by atoms with Gasteiger partial charge in [0, 0.05) is 32.2 Å². The van der Waals surface area contributed by atoms with Crippen LogP contribution in [0, 0.1) is 0 Å². The first-order valence-corrected chi connectivity index (χ1v) is 6.33. The Morgan fingerprint density at radius 1 is 1.53 bits per heavy atom. The van der Waals surface area contributed by atoms with Crippen molar-refractivity contribution in [3.05, 3.63) is 0 Å². The number of rotatable bonds is 5. The van der Waals surface area contributed by atoms with Gasteiger partial charge in [-0.1, -0.05) is 6.92 Å². The Bertz CT molecular complexity index is 248. The van der Waals surface area contributed by atoms with Crippen molar-refractivity contribution in [1.82, 2.24) is 15.1 Å². The van der Waals surface area contributed by atoms with Crippen LogP contribution in [0.3, 0.4) is 0 Å². The van der Waals surface area contributed by atoms with E-state index in [0.29, 0.717) is 6.04 Å². The average Bonchev–Trinajstić information content (AvgIpc) is 2.35. The molecule has 0 spiro atoms. The number of hydrogen-bond acceptors (Lipinski definition) is 5. The maximum absolute atomic E-state index is 11.5. The van der Waals surface area contributed by atoms with Gasteiger partial charge in [-0.25, -0.2) is 0 Å². The first kappa shape index (κ1) is 14.4. The molecule has 5 heteroatoms. The Labute approximate surface area is 104 Å². The van der Waals surface area contributed by atoms with Crippen LogP contribution in [0.4, 0.5) is 0 Å². The Morgan fingerprint density at radius 2 is 2.24 bits per heavy atom. The molecule has 2 unspecified atom stereocenters. The third kappa shape index (κ3) is 3.94. The molecule has 0 bridgehead atoms. The van der Waals surface area contributed by atoms with E-state index in [1.54, 1.807) is 7.05 Å². The van der Waals surface area contributed by atoms with Crippen molar-refractivity contribution in [3.8, 4) is 0 Å². The molecule has 1 rings (SSSR count). The second-order valence-corrected chi connectivity index (χ2v) is 4.60. The van der Waals surface area contributed by atoms with Crippen LogP contribution in [-0.2, 0) is 9.53 Å². The largest absolute Gasteiger partial charge is 0.468 e. The van der Waals surface area contributed by atoms with E-state index in [2.05, 4.69) is 29.0 Å². The Kier molecular flexibility index (Phi) is 5.88. The number of ether oxygens (including phenoxy) is 1. The summed E-state index contributed by atoms with van der Waals surface area (Å²) in [5, 5.41) is 3.01. The van der Waals surface area contributed by atoms with E-state index in [-0.39, 0.29) is 12.0 Å². The molecule has 17 heavy (non-hydrogen) atoms. The maximum atomic E-state index is 11.5. The lowest BCUT2D eigenvalue weighted by atomic mass is 10.1. The molecular weight excluding hydrogens is 218 g/mol. The van der Waals surface area contributed by atoms with E-state index in [0.717, 1.165) is 32.7 Å². The van der Waals surface area contributed by atoms with Crippen molar-refractivity contribution < 1.29 is 9.53 Å². The molecule has 0 radical (unpaired) electrons. The van der Waals surface area contributed by atoms with E-state index in [1.165, 1.54) is 7.11 Å². The summed E-state index contributed by atoms with van der Waals surface area (Å²) in [5.74, 6) is -0.182. The van der Waals surface area contributed by atoms with Crippen LogP contribution < -0.4 is 5.32 Å². The lowest BCUT2D eigenvalue weighted by Gasteiger charge is -2.40. The zero-order valence-electron chi connectivity index (χ0n) is 11.4. The molecular formula is C12H25N3O2. The minimum Gasteiger partial charge on any atom is -0.468 e. The van der Waals surface area contributed by atoms with Crippen molar-refractivity contribution in [2.45, 2.75) is 25.9 Å². The number of nitrogens with one attached hydrogen (secondary N) is 1. The minimum atomic E-state index is -0.222. The van der Waals surface area contributed by atoms with Gasteiger partial charge in [0.05, 0.1) is 7.11 Å². The SMILES string of the molecule is CCN1CCN(CC(NC)C(=O)OC)CC1C. The molecule has 0 saturated carbocycles. The summed E-state index contributed by atoms with van der Waals surface area (Å²) in [6.07, 6.45) is 0. The Balaban J connectivity index is 2.44. The van der Waals surface area contributed by atoms with Crippen molar-refractivity contribution in [2.75, 3.05) is 46.9 Å². The molecule has 0 aliphatic carbocycles. The number of hydrogen-bond donors (Lipinski definition) is 1. The van der Waals surface area contributed by atoms with Gasteiger partial charge in [-0.05, 0) is 20.5 Å². The van der Waals surface area contributed by atoms with Crippen molar-refractivity contribution in [3.63, 3.8) is 0 Å². The topological polar surface area (TPSA) is 44.8 Å². The molecule has 1 fully saturated rings. The van der Waals surface area contributed by atoms with Crippen molar-refractivity contribution in [1.29, 1.82) is 0 Å². The van der Waals surface area contributed by atoms with Gasteiger partial charge in [-0.3, -0.25) is 14.6 Å². The first-order valence-electron chi connectivity index (χ1n) is 6.33. The highest BCUT2D eigenvalue weighted by Gasteiger charge is 2.26. The van der Waals surface area contributed by atoms with Crippen LogP contribution in [-0.4, -0.2) is 74.7 Å². The summed E-state index contributed by atoms with van der Waals surface area (Å²) >= 11 is 0. The number of piperazine rings is 1. The molecule has 1 N–H and O–H groups in total. The van der Waals surface area contributed by atoms with E-state index < -0.39 is 0 Å². The summed E-state index contributed by atoms with van der Waals surface area (Å²) in [5.41, 5.74) is 0. The fourth-order valence-corrected chi connectivity index (χ4v) is 2.39. The molecule has 5 nitrogen and oxygen atoms in total. The number of esters is 1. The summed E-state index contributed by atoms with van der Waals surface area (Å²) in [7, 11) is 3.23. The molecule has 1 aliphatic rings. The fraction of sp³-hybridized carbons (Fsp3) is 0.917. The van der Waals surface area contributed by atoms with Gasteiger partial charge in [-0.2, -0.15) is 0 Å². The quantitative estimate of drug-likeness (QED) is 0.676. The summed E-state index contributed by atoms with van der Waals surface area (Å²) in [4.78, 5) is 16.3. The molecule has 1 saturated heterocycles. The summed E-state index contributed by atoms with van der Waals surface area (Å²) < 4.78 is 4.78. The summed E-state index contributed by atoms with van der Waals surface area (Å²) in [6, 6.07) is 0.337. The molecule has 1 aliphatic heterocycles. The predicted octanol–water partition coefficient (Wildman–Crippen LogP) is -0.227. The molecule has 100 valence electrons. The van der Waals surface area contributed by atoms with Gasteiger partial charge >= 0.3 is 5.97 Å². The normalized spacial score (nSPS) is 24.6. The van der Waals surface area contributed by atoms with Gasteiger partial charge in [0.2, 0.25) is 0 Å². The second-order valence-electron chi connectivity index (χ2n) is 4.60. The standard InChI is InChI=1S/C12H25N3O2/c1-5-15-7-6-14(8-10(15)2)9-11(13-3)12(16)17-4/h10-11,13H,5-9H2,1-4H3. The smallest absolute Gasteiger partial charge is 0.324 e. The zero-order chi connectivity index (χ0) is 12.8. The summed E-state index contributed by atoms with van der Waals surface area (Å²) in [6.45, 7) is 9.37. The highest BCUT2D eigenvalue weighted by Crippen LogP contribution is 2.09. The number of likely N-dealkylation sites (N-methyl/N-ethyl adjacent to an activating group) is 2. The lowest BCUT2D eigenvalue weighted by molar-refractivity contribution is -0.143. The Hall–Kier alpha value is -0.650. The molecule has 0 aromatic rings. The second kappa shape index (κ2) is 6.93. The van der Waals surface area contributed by atoms with Gasteiger partial charge in [0.1, 0.15) is 6.04 Å². The fourth-order valence-electron chi connectivity index (χ4n) is 2.39. The lowest BCUT2D eigenvalue weighted by Crippen LogP contribution is -2.55. The minimum absolute atomic E-state index is 0.182. The number of carbonyl (C=O) groups excluding carboxylic acids is 1. The van der Waals surface area contributed by atoms with Crippen LogP contribution in [0.1, 0.15) is 13.8 Å². The van der Waals surface area contributed by atoms with Gasteiger partial charge in [-0.15, -0.1) is 0 Å². The molecule has 1 heterocycles. The van der Waals surface area contributed by atoms with Crippen LogP contribution in [0.5, 0.6) is 0 Å². The van der Waals surface area contributed by atoms with E-state index >= 15 is 0 Å². The number of nitrogens with zero attached hydrogens (tertiary/aromatic N) is 2. The molecule has 2 atom stereocenters. The van der Waals surface area contributed by atoms with Crippen LogP contribution in [0.2, 0.25) is 0 Å². The van der Waals surface area contributed by atoms with E-state index in [1.807, 2.05) is 0 Å². The average molecular weight is 243 g/mol. The van der Waals surface area contributed by atoms with Gasteiger partial charge in [0.25, 0.3) is 0 Å². The van der Waals surface area contributed by atoms with Crippen LogP contribution in [0.25, 0.3) is 0 Å². The van der Waals surface area contributed by atoms with Gasteiger partial charge < -0.3 is 10.1 Å². The predicted molar refractivity (Wildman–Crippen MR) is 68.0 cm³/mol. The third-order valence-electron chi connectivity index (χ3n) is 3.53. The van der Waals surface area contributed by atoms with E-state index in [4.69, 9.17) is 4.74 Å². The van der Waals surface area contributed by atoms with Gasteiger partial charge in [0.15, 0.2) is 0 Å². The third-order valence-corrected chi connectivity index (χ3v) is 3.53. The van der Waals surface area contributed by atoms with Crippen molar-refractivity contribution >= 4 is 5.97 Å². The molecule has 0 aromatic carbocycles. The first-order chi connectivity index (χ1) is 8.12. The van der Waals surface area contributed by atoms with Crippen LogP contribution in [0.15, 0.2) is 0 Å². The highest BCUT2D eigenvalue weighted by molar-refractivity contribution is 5.75. The Morgan fingerprint density at radius 3 is 2.71 bits per heavy atom. The molecule has 0 amide bonds. The monoisotopic (exact) mass is 243 g/mol. The number of methoxy groups -OCH3 is 1. The highest BCUT2D eigenvalue weighted by atomic mass is 16.5. The number of carbonyl (C=O) groups is 1. The van der Waals surface area contributed by atoms with Crippen LogP contribution >= 0.6 is 0 Å². The zero-order valence-corrected chi connectivity index (χ0v) is 11.4. The maximum Gasteiger partial charge on any atom is 0.324 e. The van der Waals surface area contributed by atoms with Crippen molar-refractivity contribution in [2.24, 2.45) is 0 Å².